The van der Waals surface area contributed by atoms with Crippen LogP contribution in [0.4, 0.5) is 5.82 Å². The van der Waals surface area contributed by atoms with E-state index in [-0.39, 0.29) is 12.0 Å². The van der Waals surface area contributed by atoms with E-state index < -0.39 is 0 Å². The molecule has 1 aliphatic rings. The van der Waals surface area contributed by atoms with Crippen LogP contribution in [0.25, 0.3) is 22.0 Å². The number of rotatable bonds is 5. The topological polar surface area (TPSA) is 67.3 Å². The highest BCUT2D eigenvalue weighted by Crippen LogP contribution is 2.34. The highest BCUT2D eigenvalue weighted by atomic mass is 35.5. The molecule has 3 aromatic rings. The normalized spacial score (nSPS) is 15.7. The molecule has 1 fully saturated rings. The number of hydrogen-bond donors (Lipinski definition) is 2. The number of nitrogens with one attached hydrogen (secondary N) is 1. The van der Waals surface area contributed by atoms with Crippen molar-refractivity contribution in [1.82, 2.24) is 10.2 Å². The maximum Gasteiger partial charge on any atom is 0.156 e. The lowest BCUT2D eigenvalue weighted by Gasteiger charge is -2.39. The Kier molecular flexibility index (Phi) is 4.71. The van der Waals surface area contributed by atoms with E-state index in [2.05, 4.69) is 15.5 Å². The van der Waals surface area contributed by atoms with Crippen LogP contribution >= 0.6 is 23.2 Å². The summed E-state index contributed by atoms with van der Waals surface area (Å²) in [4.78, 5) is 0. The largest absolute Gasteiger partial charge is 0.396 e. The summed E-state index contributed by atoms with van der Waals surface area (Å²) in [6, 6.07) is 13.3. The summed E-state index contributed by atoms with van der Waals surface area (Å²) in [6.07, 6.45) is 0. The Bertz CT molecular complexity index is 955. The number of anilines is 1. The molecule has 2 N–H and O–H groups in total. The van der Waals surface area contributed by atoms with Gasteiger partial charge in [0.25, 0.3) is 0 Å². The molecule has 1 saturated heterocycles. The summed E-state index contributed by atoms with van der Waals surface area (Å²) in [5.74, 6) is 0.684. The molecular weight excluding hydrogens is 373 g/mol. The maximum absolute atomic E-state index is 9.59. The third-order valence-corrected chi connectivity index (χ3v) is 5.40. The highest BCUT2D eigenvalue weighted by Gasteiger charge is 2.38. The molecule has 0 spiro atoms. The van der Waals surface area contributed by atoms with Crippen LogP contribution in [0.5, 0.6) is 0 Å². The van der Waals surface area contributed by atoms with Gasteiger partial charge in [0.15, 0.2) is 5.82 Å². The Morgan fingerprint density at radius 3 is 2.46 bits per heavy atom. The van der Waals surface area contributed by atoms with E-state index in [1.807, 2.05) is 30.3 Å². The summed E-state index contributed by atoms with van der Waals surface area (Å²) in [5, 5.41) is 24.6. The number of benzene rings is 2. The molecule has 5 nitrogen and oxygen atoms in total. The fraction of sp³-hybridized carbons (Fsp3) is 0.263. The molecule has 1 aromatic heterocycles. The minimum Gasteiger partial charge on any atom is -0.396 e. The van der Waals surface area contributed by atoms with Crippen molar-refractivity contribution in [1.29, 1.82) is 0 Å². The van der Waals surface area contributed by atoms with E-state index in [1.165, 1.54) is 0 Å². The second-order valence-electron chi connectivity index (χ2n) is 6.58. The van der Waals surface area contributed by atoms with Crippen LogP contribution in [0.1, 0.15) is 0 Å². The van der Waals surface area contributed by atoms with Gasteiger partial charge < -0.3 is 15.2 Å². The van der Waals surface area contributed by atoms with Crippen molar-refractivity contribution in [3.05, 3.63) is 52.5 Å². The Labute approximate surface area is 160 Å². The Balaban J connectivity index is 1.72. The molecule has 1 aliphatic heterocycles. The summed E-state index contributed by atoms with van der Waals surface area (Å²) in [7, 11) is 0. The molecule has 0 atom stereocenters. The zero-order valence-corrected chi connectivity index (χ0v) is 15.4. The number of aliphatic hydroxyl groups excluding tert-OH is 1. The molecule has 134 valence electrons. The molecule has 2 heterocycles. The summed E-state index contributed by atoms with van der Waals surface area (Å²) >= 11 is 12.2. The van der Waals surface area contributed by atoms with Gasteiger partial charge in [-0.1, -0.05) is 53.5 Å². The Hall–Kier alpha value is -1.92. The first-order valence-electron chi connectivity index (χ1n) is 8.25. The average Bonchev–Trinajstić information content (AvgIpc) is 2.63. The predicted octanol–water partition coefficient (Wildman–Crippen LogP) is 4.02. The van der Waals surface area contributed by atoms with Gasteiger partial charge in [0, 0.05) is 22.9 Å². The van der Waals surface area contributed by atoms with E-state index in [9.17, 15) is 5.11 Å². The Morgan fingerprint density at radius 1 is 1.04 bits per heavy atom. The fourth-order valence-electron chi connectivity index (χ4n) is 3.00. The van der Waals surface area contributed by atoms with Crippen molar-refractivity contribution < 1.29 is 9.84 Å². The number of hydrogen-bond acceptors (Lipinski definition) is 5. The average molecular weight is 390 g/mol. The zero-order chi connectivity index (χ0) is 18.1. The molecule has 2 aromatic carbocycles. The molecule has 7 heteroatoms. The van der Waals surface area contributed by atoms with Crippen molar-refractivity contribution in [2.75, 3.05) is 31.7 Å². The van der Waals surface area contributed by atoms with Crippen molar-refractivity contribution in [3.8, 4) is 11.3 Å². The van der Waals surface area contributed by atoms with E-state index in [4.69, 9.17) is 27.9 Å². The molecule has 0 unspecified atom stereocenters. The lowest BCUT2D eigenvalue weighted by molar-refractivity contribution is -0.128. The van der Waals surface area contributed by atoms with Gasteiger partial charge in [-0.3, -0.25) is 0 Å². The standard InChI is InChI=1S/C19H17Cl2N3O2/c20-15-6-5-12(7-16(15)21)17-13-3-1-2-4-14(13)18(24-23-17)22-8-19(9-25)10-26-11-19/h1-7,25H,8-11H2,(H,22,24). The van der Waals surface area contributed by atoms with E-state index in [0.29, 0.717) is 35.6 Å². The summed E-state index contributed by atoms with van der Waals surface area (Å²) in [6.45, 7) is 1.74. The van der Waals surface area contributed by atoms with Crippen LogP contribution < -0.4 is 5.32 Å². The van der Waals surface area contributed by atoms with E-state index in [0.717, 1.165) is 22.0 Å². The molecule has 0 amide bonds. The summed E-state index contributed by atoms with van der Waals surface area (Å²) in [5.41, 5.74) is 1.35. The molecule has 0 radical (unpaired) electrons. The molecule has 4 rings (SSSR count). The van der Waals surface area contributed by atoms with Gasteiger partial charge >= 0.3 is 0 Å². The molecule has 0 aliphatic carbocycles. The third kappa shape index (κ3) is 3.12. The third-order valence-electron chi connectivity index (χ3n) is 4.66. The van der Waals surface area contributed by atoms with Gasteiger partial charge in [-0.15, -0.1) is 10.2 Å². The molecule has 26 heavy (non-hydrogen) atoms. The number of fused-ring (bicyclic) bond motifs is 1. The highest BCUT2D eigenvalue weighted by molar-refractivity contribution is 6.42. The van der Waals surface area contributed by atoms with Gasteiger partial charge in [0.2, 0.25) is 0 Å². The Morgan fingerprint density at radius 2 is 1.81 bits per heavy atom. The second kappa shape index (κ2) is 7.00. The SMILES string of the molecule is OCC1(CNc2nnc(-c3ccc(Cl)c(Cl)c3)c3ccccc23)COC1. The van der Waals surface area contributed by atoms with Crippen molar-refractivity contribution in [2.45, 2.75) is 0 Å². The van der Waals surface area contributed by atoms with Crippen LogP contribution in [0.15, 0.2) is 42.5 Å². The number of aromatic nitrogens is 2. The quantitative estimate of drug-likeness (QED) is 0.689. The molecule has 0 saturated carbocycles. The van der Waals surface area contributed by atoms with E-state index in [1.54, 1.807) is 12.1 Å². The number of nitrogens with zero attached hydrogens (tertiary/aromatic N) is 2. The van der Waals surface area contributed by atoms with Crippen molar-refractivity contribution in [3.63, 3.8) is 0 Å². The smallest absolute Gasteiger partial charge is 0.156 e. The first kappa shape index (κ1) is 17.5. The zero-order valence-electron chi connectivity index (χ0n) is 13.9. The molecular formula is C19H17Cl2N3O2. The van der Waals surface area contributed by atoms with Crippen LogP contribution in [-0.4, -0.2) is 41.7 Å². The minimum atomic E-state index is -0.245. The van der Waals surface area contributed by atoms with Gasteiger partial charge in [-0.2, -0.15) is 0 Å². The summed E-state index contributed by atoms with van der Waals surface area (Å²) < 4.78 is 5.24. The lowest BCUT2D eigenvalue weighted by Crippen LogP contribution is -2.50. The first-order chi connectivity index (χ1) is 12.6. The van der Waals surface area contributed by atoms with Gasteiger partial charge in [0.1, 0.15) is 5.69 Å². The lowest BCUT2D eigenvalue weighted by atomic mass is 9.87. The van der Waals surface area contributed by atoms with Crippen LogP contribution in [0.2, 0.25) is 10.0 Å². The van der Waals surface area contributed by atoms with E-state index >= 15 is 0 Å². The second-order valence-corrected chi connectivity index (χ2v) is 7.39. The number of halogens is 2. The van der Waals surface area contributed by atoms with Crippen LogP contribution in [0.3, 0.4) is 0 Å². The van der Waals surface area contributed by atoms with Crippen LogP contribution in [0, 0.1) is 5.41 Å². The fourth-order valence-corrected chi connectivity index (χ4v) is 3.30. The van der Waals surface area contributed by atoms with Gasteiger partial charge in [0.05, 0.1) is 35.3 Å². The minimum absolute atomic E-state index is 0.0761. The monoisotopic (exact) mass is 389 g/mol. The van der Waals surface area contributed by atoms with Crippen LogP contribution in [-0.2, 0) is 4.74 Å². The maximum atomic E-state index is 9.59. The number of aliphatic hydroxyl groups is 1. The van der Waals surface area contributed by atoms with Gasteiger partial charge in [-0.05, 0) is 12.1 Å². The van der Waals surface area contributed by atoms with Gasteiger partial charge in [-0.25, -0.2) is 0 Å². The molecule has 0 bridgehead atoms. The predicted molar refractivity (Wildman–Crippen MR) is 104 cm³/mol. The first-order valence-corrected chi connectivity index (χ1v) is 9.01. The number of ether oxygens (including phenoxy) is 1. The van der Waals surface area contributed by atoms with Crippen molar-refractivity contribution in [2.24, 2.45) is 5.41 Å². The van der Waals surface area contributed by atoms with Crippen molar-refractivity contribution >= 4 is 39.8 Å².